The maximum Gasteiger partial charge on any atom is 0.151 e. The third kappa shape index (κ3) is 3.88. The van der Waals surface area contributed by atoms with E-state index in [4.69, 9.17) is 9.72 Å². The fourth-order valence-electron chi connectivity index (χ4n) is 5.46. The van der Waals surface area contributed by atoms with Crippen molar-refractivity contribution in [2.24, 2.45) is 0 Å². The van der Waals surface area contributed by atoms with Crippen molar-refractivity contribution in [3.63, 3.8) is 0 Å². The SMILES string of the molecule is Cc1ccc(-c2cc(-c3ccc(C#N)cc3)nc3c(N4c5ccccc5Oc5ccccc54)ccc(C)c23)cc1. The molecule has 0 saturated heterocycles. The number of nitriles is 1. The highest BCUT2D eigenvalue weighted by atomic mass is 16.5. The monoisotopic (exact) mass is 515 g/mol. The number of fused-ring (bicyclic) bond motifs is 3. The second kappa shape index (κ2) is 9.41. The van der Waals surface area contributed by atoms with Crippen LogP contribution in [0, 0.1) is 25.2 Å². The molecule has 2 heterocycles. The van der Waals surface area contributed by atoms with Crippen molar-refractivity contribution in [2.45, 2.75) is 13.8 Å². The Morgan fingerprint density at radius 3 is 1.95 bits per heavy atom. The Morgan fingerprint density at radius 1 is 0.675 bits per heavy atom. The predicted molar refractivity (Wildman–Crippen MR) is 162 cm³/mol. The molecule has 4 nitrogen and oxygen atoms in total. The number of ether oxygens (including phenoxy) is 1. The van der Waals surface area contributed by atoms with E-state index in [0.717, 1.165) is 67.4 Å². The first-order valence-corrected chi connectivity index (χ1v) is 13.3. The molecule has 1 aliphatic heterocycles. The summed E-state index contributed by atoms with van der Waals surface area (Å²) in [6.07, 6.45) is 0. The quantitative estimate of drug-likeness (QED) is 0.235. The van der Waals surface area contributed by atoms with Crippen LogP contribution in [0.3, 0.4) is 0 Å². The number of aromatic nitrogens is 1. The maximum absolute atomic E-state index is 9.35. The van der Waals surface area contributed by atoms with E-state index in [-0.39, 0.29) is 0 Å². The summed E-state index contributed by atoms with van der Waals surface area (Å²) >= 11 is 0. The van der Waals surface area contributed by atoms with Crippen LogP contribution in [0.15, 0.2) is 115 Å². The molecule has 6 aromatic rings. The Hall–Kier alpha value is -5.40. The third-order valence-corrected chi connectivity index (χ3v) is 7.49. The number of hydrogen-bond acceptors (Lipinski definition) is 4. The number of pyridine rings is 1. The molecule has 1 aromatic heterocycles. The lowest BCUT2D eigenvalue weighted by Gasteiger charge is -2.33. The molecular formula is C36H25N3O. The lowest BCUT2D eigenvalue weighted by atomic mass is 9.94. The van der Waals surface area contributed by atoms with Gasteiger partial charge < -0.3 is 9.64 Å². The van der Waals surface area contributed by atoms with E-state index in [1.807, 2.05) is 60.7 Å². The van der Waals surface area contributed by atoms with E-state index in [9.17, 15) is 5.26 Å². The molecule has 0 radical (unpaired) electrons. The summed E-state index contributed by atoms with van der Waals surface area (Å²) in [6, 6.07) is 41.3. The molecule has 0 aliphatic carbocycles. The van der Waals surface area contributed by atoms with Gasteiger partial charge >= 0.3 is 0 Å². The van der Waals surface area contributed by atoms with Crippen molar-refractivity contribution < 1.29 is 4.74 Å². The highest BCUT2D eigenvalue weighted by Gasteiger charge is 2.28. The fourth-order valence-corrected chi connectivity index (χ4v) is 5.46. The minimum atomic E-state index is 0.626. The van der Waals surface area contributed by atoms with Crippen molar-refractivity contribution in [1.29, 1.82) is 5.26 Å². The standard InChI is InChI=1S/C36H25N3O/c1-23-11-16-26(17-12-23)28-21-29(27-18-14-25(22-37)15-19-27)38-36-32(20-13-24(2)35(28)36)39-30-7-3-5-9-33(30)40-34-10-6-4-8-31(34)39/h3-21H,1-2H3. The molecule has 0 N–H and O–H groups in total. The zero-order valence-electron chi connectivity index (χ0n) is 22.2. The maximum atomic E-state index is 9.35. The van der Waals surface area contributed by atoms with Crippen molar-refractivity contribution in [3.05, 3.63) is 132 Å². The first-order valence-electron chi connectivity index (χ1n) is 13.3. The third-order valence-electron chi connectivity index (χ3n) is 7.49. The molecule has 0 amide bonds. The summed E-state index contributed by atoms with van der Waals surface area (Å²) in [5.74, 6) is 1.61. The van der Waals surface area contributed by atoms with Gasteiger partial charge in [0.25, 0.3) is 0 Å². The highest BCUT2D eigenvalue weighted by Crippen LogP contribution is 2.52. The van der Waals surface area contributed by atoms with Crippen LogP contribution < -0.4 is 9.64 Å². The summed E-state index contributed by atoms with van der Waals surface area (Å²) in [5, 5.41) is 10.5. The molecule has 0 bridgehead atoms. The number of nitrogens with zero attached hydrogens (tertiary/aromatic N) is 3. The van der Waals surface area contributed by atoms with E-state index in [1.54, 1.807) is 0 Å². The van der Waals surface area contributed by atoms with E-state index in [1.165, 1.54) is 5.56 Å². The van der Waals surface area contributed by atoms with Gasteiger partial charge in [0.05, 0.1) is 39.9 Å². The van der Waals surface area contributed by atoms with Crippen LogP contribution >= 0.6 is 0 Å². The van der Waals surface area contributed by atoms with Crippen LogP contribution in [0.2, 0.25) is 0 Å². The number of para-hydroxylation sites is 4. The minimum Gasteiger partial charge on any atom is -0.453 e. The molecule has 190 valence electrons. The van der Waals surface area contributed by atoms with Crippen molar-refractivity contribution >= 4 is 28.0 Å². The molecule has 4 heteroatoms. The van der Waals surface area contributed by atoms with Gasteiger partial charge in [0.2, 0.25) is 0 Å². The van der Waals surface area contributed by atoms with E-state index >= 15 is 0 Å². The van der Waals surface area contributed by atoms with E-state index in [2.05, 4.69) is 79.4 Å². The minimum absolute atomic E-state index is 0.626. The van der Waals surface area contributed by atoms with Crippen LogP contribution in [0.25, 0.3) is 33.3 Å². The topological polar surface area (TPSA) is 49.2 Å². The van der Waals surface area contributed by atoms with Crippen LogP contribution in [0.1, 0.15) is 16.7 Å². The predicted octanol–water partition coefficient (Wildman–Crippen LogP) is 9.63. The summed E-state index contributed by atoms with van der Waals surface area (Å²) < 4.78 is 6.30. The number of hydrogen-bond donors (Lipinski definition) is 0. The molecule has 5 aromatic carbocycles. The van der Waals surface area contributed by atoms with Gasteiger partial charge in [-0.3, -0.25) is 0 Å². The molecule has 0 unspecified atom stereocenters. The Morgan fingerprint density at radius 2 is 1.30 bits per heavy atom. The zero-order chi connectivity index (χ0) is 27.2. The highest BCUT2D eigenvalue weighted by molar-refractivity contribution is 6.07. The Balaban J connectivity index is 1.56. The Bertz CT molecular complexity index is 1910. The molecule has 1 aliphatic rings. The lowest BCUT2D eigenvalue weighted by molar-refractivity contribution is 0.477. The first kappa shape index (κ1) is 23.7. The van der Waals surface area contributed by atoms with Gasteiger partial charge in [0.15, 0.2) is 11.5 Å². The van der Waals surface area contributed by atoms with E-state index in [0.29, 0.717) is 5.56 Å². The average molecular weight is 516 g/mol. The first-order chi connectivity index (χ1) is 19.6. The van der Waals surface area contributed by atoms with Gasteiger partial charge in [-0.15, -0.1) is 0 Å². The second-order valence-electron chi connectivity index (χ2n) is 10.1. The van der Waals surface area contributed by atoms with Gasteiger partial charge in [-0.25, -0.2) is 4.98 Å². The van der Waals surface area contributed by atoms with Crippen LogP contribution in [0.5, 0.6) is 11.5 Å². The normalized spacial score (nSPS) is 11.9. The number of anilines is 3. The second-order valence-corrected chi connectivity index (χ2v) is 10.1. The molecule has 0 fully saturated rings. The molecule has 0 saturated carbocycles. The molecule has 40 heavy (non-hydrogen) atoms. The number of aryl methyl sites for hydroxylation is 2. The Kier molecular flexibility index (Phi) is 5.58. The molecule has 0 atom stereocenters. The van der Waals surface area contributed by atoms with Crippen LogP contribution in [-0.4, -0.2) is 4.98 Å². The van der Waals surface area contributed by atoms with Gasteiger partial charge in [-0.05, 0) is 79.1 Å². The van der Waals surface area contributed by atoms with Crippen molar-refractivity contribution in [1.82, 2.24) is 4.98 Å². The van der Waals surface area contributed by atoms with Gasteiger partial charge in [-0.2, -0.15) is 5.26 Å². The Labute approximate surface area is 233 Å². The van der Waals surface area contributed by atoms with E-state index < -0.39 is 0 Å². The lowest BCUT2D eigenvalue weighted by Crippen LogP contribution is -2.16. The molecular weight excluding hydrogens is 490 g/mol. The molecule has 0 spiro atoms. The fraction of sp³-hybridized carbons (Fsp3) is 0.0556. The largest absolute Gasteiger partial charge is 0.453 e. The number of rotatable bonds is 3. The van der Waals surface area contributed by atoms with Gasteiger partial charge in [-0.1, -0.05) is 72.3 Å². The van der Waals surface area contributed by atoms with Gasteiger partial charge in [0, 0.05) is 10.9 Å². The van der Waals surface area contributed by atoms with Crippen LogP contribution in [-0.2, 0) is 0 Å². The summed E-state index contributed by atoms with van der Waals surface area (Å²) in [4.78, 5) is 7.58. The van der Waals surface area contributed by atoms with Crippen LogP contribution in [0.4, 0.5) is 17.1 Å². The number of benzene rings is 5. The zero-order valence-corrected chi connectivity index (χ0v) is 22.2. The average Bonchev–Trinajstić information content (AvgIpc) is 3.00. The summed E-state index contributed by atoms with van der Waals surface area (Å²) in [5.41, 5.74) is 10.9. The van der Waals surface area contributed by atoms with Gasteiger partial charge in [0.1, 0.15) is 0 Å². The van der Waals surface area contributed by atoms with Crippen molar-refractivity contribution in [2.75, 3.05) is 4.90 Å². The summed E-state index contributed by atoms with van der Waals surface area (Å²) in [7, 11) is 0. The van der Waals surface area contributed by atoms with Crippen molar-refractivity contribution in [3.8, 4) is 40.0 Å². The smallest absolute Gasteiger partial charge is 0.151 e. The summed E-state index contributed by atoms with van der Waals surface area (Å²) in [6.45, 7) is 4.25. The molecule has 7 rings (SSSR count).